The van der Waals surface area contributed by atoms with E-state index in [1.807, 2.05) is 20.8 Å². The van der Waals surface area contributed by atoms with Crippen molar-refractivity contribution in [2.45, 2.75) is 172 Å². The number of fused-ring (bicyclic) bond motifs is 1. The lowest BCUT2D eigenvalue weighted by Crippen LogP contribution is -2.63. The van der Waals surface area contributed by atoms with E-state index in [0.717, 1.165) is 0 Å². The van der Waals surface area contributed by atoms with Crippen LogP contribution in [0.15, 0.2) is 0 Å². The zero-order valence-electron chi connectivity index (χ0n) is 36.4. The van der Waals surface area contributed by atoms with Gasteiger partial charge in [-0.3, -0.25) is 14.4 Å². The monoisotopic (exact) mass is 833 g/mol. The Labute approximate surface area is 343 Å². The van der Waals surface area contributed by atoms with E-state index in [9.17, 15) is 29.7 Å². The molecule has 0 saturated carbocycles. The molecule has 0 bridgehead atoms. The first-order valence-electron chi connectivity index (χ1n) is 20.7. The Bertz CT molecular complexity index is 1330. The van der Waals surface area contributed by atoms with Crippen molar-refractivity contribution < 1.29 is 77.1 Å². The number of rotatable bonds is 13. The molecule has 17 nitrogen and oxygen atoms in total. The zero-order valence-corrected chi connectivity index (χ0v) is 36.4. The van der Waals surface area contributed by atoms with E-state index >= 15 is 0 Å². The molecule has 0 spiro atoms. The maximum absolute atomic E-state index is 14.2. The van der Waals surface area contributed by atoms with E-state index in [4.69, 9.17) is 47.4 Å². The van der Waals surface area contributed by atoms with Gasteiger partial charge in [-0.25, -0.2) is 0 Å². The maximum Gasteiger partial charge on any atom is 0.313 e. The highest BCUT2D eigenvalue weighted by molar-refractivity contribution is 5.97. The number of cyclic esters (lactones) is 1. The van der Waals surface area contributed by atoms with Crippen LogP contribution in [0.25, 0.3) is 0 Å². The second-order valence-corrected chi connectivity index (χ2v) is 17.1. The lowest BCUT2D eigenvalue weighted by atomic mass is 9.79. The third kappa shape index (κ3) is 11.4. The number of ketones is 2. The molecular weight excluding hydrogens is 762 g/mol. The van der Waals surface area contributed by atoms with Crippen LogP contribution < -0.4 is 0 Å². The summed E-state index contributed by atoms with van der Waals surface area (Å²) in [5, 5.41) is 33.0. The molecule has 0 aliphatic carbocycles. The average Bonchev–Trinajstić information content (AvgIpc) is 3.86. The number of epoxide rings is 1. The number of carbonyl (C=O) groups excluding carboxylic acids is 3. The van der Waals surface area contributed by atoms with E-state index < -0.39 is 133 Å². The average molecular weight is 834 g/mol. The third-order valence-corrected chi connectivity index (χ3v) is 12.8. The molecule has 17 heteroatoms. The molecule has 4 heterocycles. The highest BCUT2D eigenvalue weighted by Gasteiger charge is 2.59. The number of Topliss-reactive ketones (excluding diaryl/α,β-unsaturated/α-hetero) is 2. The van der Waals surface area contributed by atoms with E-state index in [-0.39, 0.29) is 31.7 Å². The van der Waals surface area contributed by atoms with Crippen molar-refractivity contribution in [3.05, 3.63) is 0 Å². The lowest BCUT2D eigenvalue weighted by Gasteiger charge is -2.46. The van der Waals surface area contributed by atoms with Crippen LogP contribution in [0.3, 0.4) is 0 Å². The summed E-state index contributed by atoms with van der Waals surface area (Å²) in [7, 11) is 9.39. The van der Waals surface area contributed by atoms with Gasteiger partial charge >= 0.3 is 5.97 Å². The molecule has 4 aliphatic heterocycles. The molecular formula is C41H71NO16. The first-order chi connectivity index (χ1) is 27.3. The van der Waals surface area contributed by atoms with Crippen molar-refractivity contribution in [2.24, 2.45) is 23.7 Å². The largest absolute Gasteiger partial charge is 0.462 e. The van der Waals surface area contributed by atoms with Crippen LogP contribution in [0.5, 0.6) is 0 Å². The molecule has 336 valence electrons. The van der Waals surface area contributed by atoms with E-state index in [0.29, 0.717) is 12.8 Å². The summed E-state index contributed by atoms with van der Waals surface area (Å²) in [5.74, 6) is -3.76. The third-order valence-electron chi connectivity index (χ3n) is 12.8. The minimum absolute atomic E-state index is 0.00700. The molecule has 0 amide bonds. The van der Waals surface area contributed by atoms with Crippen molar-refractivity contribution in [3.63, 3.8) is 0 Å². The Morgan fingerprint density at radius 1 is 0.845 bits per heavy atom. The number of nitrogens with zero attached hydrogens (tertiary/aromatic N) is 1. The van der Waals surface area contributed by atoms with Crippen LogP contribution in [-0.4, -0.2) is 178 Å². The van der Waals surface area contributed by atoms with Crippen LogP contribution in [-0.2, 0) is 61.8 Å². The van der Waals surface area contributed by atoms with Gasteiger partial charge in [-0.05, 0) is 60.0 Å². The first kappa shape index (κ1) is 49.0. The van der Waals surface area contributed by atoms with Gasteiger partial charge in [-0.2, -0.15) is 0 Å². The highest BCUT2D eigenvalue weighted by Crippen LogP contribution is 2.47. The van der Waals surface area contributed by atoms with Crippen LogP contribution in [0, 0.1) is 23.7 Å². The number of aliphatic hydroxyl groups is 3. The molecule has 58 heavy (non-hydrogen) atoms. The van der Waals surface area contributed by atoms with Crippen LogP contribution >= 0.6 is 0 Å². The van der Waals surface area contributed by atoms with E-state index in [1.165, 1.54) is 28.4 Å². The fraction of sp³-hybridized carbons (Fsp3) is 0.927. The molecule has 0 aromatic rings. The van der Waals surface area contributed by atoms with Gasteiger partial charge in [0.1, 0.15) is 48.5 Å². The number of hydrogen-bond acceptors (Lipinski definition) is 17. The number of methoxy groups -OCH3 is 4. The molecule has 4 aliphatic rings. The Balaban J connectivity index is 1.66. The fourth-order valence-corrected chi connectivity index (χ4v) is 9.03. The lowest BCUT2D eigenvalue weighted by molar-refractivity contribution is -0.305. The van der Waals surface area contributed by atoms with Gasteiger partial charge < -0.3 is 67.6 Å². The van der Waals surface area contributed by atoms with Gasteiger partial charge in [-0.1, -0.05) is 20.8 Å². The Morgan fingerprint density at radius 2 is 1.47 bits per heavy atom. The number of carbonyl (C=O) groups is 3. The Kier molecular flexibility index (Phi) is 18.1. The Morgan fingerprint density at radius 3 is 2.05 bits per heavy atom. The number of ether oxygens (including phenoxy) is 10. The number of likely N-dealkylation sites (N-methyl/N-ethyl adjacent to an activating group) is 1. The van der Waals surface area contributed by atoms with Crippen LogP contribution in [0.4, 0.5) is 0 Å². The second-order valence-electron chi connectivity index (χ2n) is 17.1. The summed E-state index contributed by atoms with van der Waals surface area (Å²) >= 11 is 0. The zero-order chi connectivity index (χ0) is 43.2. The maximum atomic E-state index is 14.2. The van der Waals surface area contributed by atoms with Gasteiger partial charge in [0.05, 0.1) is 48.8 Å². The fourth-order valence-electron chi connectivity index (χ4n) is 9.03. The summed E-state index contributed by atoms with van der Waals surface area (Å²) in [5.41, 5.74) is -0.738. The van der Waals surface area contributed by atoms with E-state index in [2.05, 4.69) is 0 Å². The minimum atomic E-state index is -1.31. The van der Waals surface area contributed by atoms with Gasteiger partial charge in [0.25, 0.3) is 0 Å². The van der Waals surface area contributed by atoms with Gasteiger partial charge in [0.2, 0.25) is 0 Å². The summed E-state index contributed by atoms with van der Waals surface area (Å²) in [6.07, 6.45) is -10.4. The van der Waals surface area contributed by atoms with Crippen molar-refractivity contribution in [3.8, 4) is 0 Å². The van der Waals surface area contributed by atoms with Crippen molar-refractivity contribution in [1.82, 2.24) is 4.90 Å². The van der Waals surface area contributed by atoms with E-state index in [1.54, 1.807) is 39.8 Å². The van der Waals surface area contributed by atoms with Gasteiger partial charge in [-0.15, -0.1) is 0 Å². The summed E-state index contributed by atoms with van der Waals surface area (Å²) < 4.78 is 59.7. The Hall–Kier alpha value is -1.71. The quantitative estimate of drug-likeness (QED) is 0.104. The second kappa shape index (κ2) is 21.4. The van der Waals surface area contributed by atoms with Crippen molar-refractivity contribution >= 4 is 17.5 Å². The van der Waals surface area contributed by atoms with Crippen molar-refractivity contribution in [1.29, 1.82) is 0 Å². The molecule has 4 saturated heterocycles. The predicted molar refractivity (Wildman–Crippen MR) is 206 cm³/mol. The SMILES string of the molecule is CCC1OC(=O)CC(=O)C(C)C(O[C@@H]2O[C@H](C)[C@@H](O)[C@H](N(C)C)[C@H]2O)C(CC(OC)OC)CC(C)C(=O)CCC2(C)OC2C1CO[C@@H]1O[C@H](C)[C@@H](O)[C@@H](OC)[C@@H]1OC. The first-order valence-corrected chi connectivity index (χ1v) is 20.7. The molecule has 0 aromatic carbocycles. The van der Waals surface area contributed by atoms with Crippen LogP contribution in [0.1, 0.15) is 80.1 Å². The van der Waals surface area contributed by atoms with Crippen molar-refractivity contribution in [2.75, 3.05) is 49.1 Å². The standard InChI is InChI=1S/C41H71NO16/c1-13-28-25(19-53-40-37(52-12)36(51-11)33(47)23(5)55-40)38-41(6,58-38)15-14-26(43)20(2)16-24(17-30(49-9)50-10)35(21(3)27(44)18-29(45)56-28)57-39-34(48)31(42(7)8)32(46)22(4)54-39/h20-25,28,30-40,46-48H,13-19H2,1-12H3/t20?,21?,22-,23-,24?,25?,28?,31+,32-,33-,34-,35?,36-,37+,38?,39+,40-,41?/m1/s1. The number of aliphatic hydroxyl groups excluding tert-OH is 3. The summed E-state index contributed by atoms with van der Waals surface area (Å²) in [4.78, 5) is 43.6. The normalized spacial score (nSPS) is 43.7. The number of esters is 1. The smallest absolute Gasteiger partial charge is 0.313 e. The topological polar surface area (TPSA) is 211 Å². The predicted octanol–water partition coefficient (Wildman–Crippen LogP) is 1.63. The molecule has 0 radical (unpaired) electrons. The molecule has 4 rings (SSSR count). The molecule has 3 N–H and O–H groups in total. The minimum Gasteiger partial charge on any atom is -0.462 e. The molecule has 0 aromatic heterocycles. The molecule has 4 fully saturated rings. The molecule has 18 atom stereocenters. The number of hydrogen-bond donors (Lipinski definition) is 3. The molecule has 8 unspecified atom stereocenters. The summed E-state index contributed by atoms with van der Waals surface area (Å²) in [6.45, 7) is 10.6. The summed E-state index contributed by atoms with van der Waals surface area (Å²) in [6, 6.07) is -0.746. The van der Waals surface area contributed by atoms with Gasteiger partial charge in [0, 0.05) is 59.0 Å². The van der Waals surface area contributed by atoms with Gasteiger partial charge in [0.15, 0.2) is 18.9 Å². The van der Waals surface area contributed by atoms with Crippen LogP contribution in [0.2, 0.25) is 0 Å². The highest BCUT2D eigenvalue weighted by atomic mass is 16.7.